The molecule has 34 heavy (non-hydrogen) atoms. The summed E-state index contributed by atoms with van der Waals surface area (Å²) in [6.07, 6.45) is 0. The number of carbonyl (C=O) groups excluding carboxylic acids is 3. The van der Waals surface area contributed by atoms with E-state index in [9.17, 15) is 22.8 Å². The van der Waals surface area contributed by atoms with Gasteiger partial charge in [-0.3, -0.25) is 14.4 Å². The van der Waals surface area contributed by atoms with Crippen LogP contribution in [-0.2, 0) is 30.9 Å². The summed E-state index contributed by atoms with van der Waals surface area (Å²) >= 11 is 0. The maximum absolute atomic E-state index is 12.5. The van der Waals surface area contributed by atoms with Crippen LogP contribution in [0.2, 0.25) is 0 Å². The highest BCUT2D eigenvalue weighted by Crippen LogP contribution is 2.17. The van der Waals surface area contributed by atoms with E-state index < -0.39 is 41.0 Å². The number of hydrogen-bond acceptors (Lipinski definition) is 7. The van der Waals surface area contributed by atoms with Crippen molar-refractivity contribution in [2.24, 2.45) is 0 Å². The second-order valence-corrected chi connectivity index (χ2v) is 8.98. The van der Waals surface area contributed by atoms with Gasteiger partial charge in [0.25, 0.3) is 11.8 Å². The molecule has 11 heteroatoms. The summed E-state index contributed by atoms with van der Waals surface area (Å²) in [4.78, 5) is 36.1. The lowest BCUT2D eigenvalue weighted by Crippen LogP contribution is -2.34. The summed E-state index contributed by atoms with van der Waals surface area (Å²) in [6, 6.07) is 12.6. The number of benzene rings is 2. The van der Waals surface area contributed by atoms with Crippen molar-refractivity contribution in [3.8, 4) is 5.75 Å². The smallest absolute Gasteiger partial charge is 0.325 e. The number of nitrogens with zero attached hydrogens (tertiary/aromatic N) is 1. The summed E-state index contributed by atoms with van der Waals surface area (Å²) < 4.78 is 36.4. The Balaban J connectivity index is 1.79. The largest absolute Gasteiger partial charge is 0.496 e. The highest BCUT2D eigenvalue weighted by molar-refractivity contribution is 7.89. The van der Waals surface area contributed by atoms with Gasteiger partial charge in [0.2, 0.25) is 10.0 Å². The number of sulfonamides is 1. The number of carbonyl (C=O) groups is 3. The molecule has 0 unspecified atom stereocenters. The molecule has 2 aromatic rings. The summed E-state index contributed by atoms with van der Waals surface area (Å²) in [6.45, 7) is 3.42. The van der Waals surface area contributed by atoms with Crippen molar-refractivity contribution in [3.05, 3.63) is 59.7 Å². The molecule has 0 radical (unpaired) electrons. The van der Waals surface area contributed by atoms with Crippen LogP contribution in [0.5, 0.6) is 5.75 Å². The Kier molecular flexibility index (Phi) is 10.0. The molecule has 2 amide bonds. The first-order valence-electron chi connectivity index (χ1n) is 10.7. The van der Waals surface area contributed by atoms with Crippen LogP contribution in [0, 0.1) is 0 Å². The normalized spacial score (nSPS) is 11.1. The number of amides is 2. The summed E-state index contributed by atoms with van der Waals surface area (Å²) in [5, 5.41) is 4.99. The quantitative estimate of drug-likeness (QED) is 0.428. The van der Waals surface area contributed by atoms with Gasteiger partial charge < -0.3 is 20.1 Å². The highest BCUT2D eigenvalue weighted by atomic mass is 32.2. The Morgan fingerprint density at radius 2 is 1.59 bits per heavy atom. The topological polar surface area (TPSA) is 131 Å². The molecule has 0 saturated carbocycles. The number of esters is 1. The lowest BCUT2D eigenvalue weighted by Gasteiger charge is -2.18. The van der Waals surface area contributed by atoms with Crippen molar-refractivity contribution in [2.75, 3.05) is 33.4 Å². The predicted molar refractivity (Wildman–Crippen MR) is 125 cm³/mol. The maximum atomic E-state index is 12.5. The van der Waals surface area contributed by atoms with E-state index in [-0.39, 0.29) is 17.0 Å². The van der Waals surface area contributed by atoms with Crippen LogP contribution in [0.15, 0.2) is 53.4 Å². The van der Waals surface area contributed by atoms with Crippen LogP contribution in [-0.4, -0.2) is 63.9 Å². The molecule has 0 aliphatic carbocycles. The van der Waals surface area contributed by atoms with Gasteiger partial charge >= 0.3 is 5.97 Å². The lowest BCUT2D eigenvalue weighted by molar-refractivity contribution is -0.147. The molecule has 0 atom stereocenters. The highest BCUT2D eigenvalue weighted by Gasteiger charge is 2.21. The fourth-order valence-corrected chi connectivity index (χ4v) is 4.49. The van der Waals surface area contributed by atoms with Gasteiger partial charge in [-0.05, 0) is 30.3 Å². The molecule has 0 saturated heterocycles. The molecule has 0 bridgehead atoms. The molecule has 0 fully saturated rings. The van der Waals surface area contributed by atoms with E-state index in [4.69, 9.17) is 9.47 Å². The van der Waals surface area contributed by atoms with Gasteiger partial charge in [0.1, 0.15) is 12.3 Å². The molecule has 2 rings (SSSR count). The van der Waals surface area contributed by atoms with Crippen LogP contribution >= 0.6 is 0 Å². The van der Waals surface area contributed by atoms with Gasteiger partial charge in [0.05, 0.1) is 12.0 Å². The SMILES string of the molecule is CCN(CC)S(=O)(=O)c1ccc(C(=O)NCC(=O)OCC(=O)NCc2ccccc2OC)cc1. The van der Waals surface area contributed by atoms with E-state index in [0.717, 1.165) is 5.56 Å². The molecule has 184 valence electrons. The standard InChI is InChI=1S/C23H29N3O7S/c1-4-26(5-2)34(30,31)19-12-10-17(11-13-19)23(29)25-15-22(28)33-16-21(27)24-14-18-8-6-7-9-20(18)32-3/h6-13H,4-5,14-16H2,1-3H3,(H,24,27)(H,25,29). The second-order valence-electron chi connectivity index (χ2n) is 7.05. The van der Waals surface area contributed by atoms with E-state index in [1.165, 1.54) is 35.7 Å². The van der Waals surface area contributed by atoms with E-state index >= 15 is 0 Å². The van der Waals surface area contributed by atoms with Crippen molar-refractivity contribution >= 4 is 27.8 Å². The second kappa shape index (κ2) is 12.7. The molecule has 2 aromatic carbocycles. The average molecular weight is 492 g/mol. The first-order chi connectivity index (χ1) is 16.2. The van der Waals surface area contributed by atoms with E-state index in [2.05, 4.69) is 10.6 Å². The zero-order valence-corrected chi connectivity index (χ0v) is 20.2. The molecule has 0 heterocycles. The molecular weight excluding hydrogens is 462 g/mol. The first kappa shape index (κ1) is 26.8. The minimum absolute atomic E-state index is 0.0753. The number of ether oxygens (including phenoxy) is 2. The predicted octanol–water partition coefficient (Wildman–Crippen LogP) is 1.32. The molecule has 0 aliphatic rings. The molecule has 0 aromatic heterocycles. The van der Waals surface area contributed by atoms with Crippen LogP contribution in [0.3, 0.4) is 0 Å². The Morgan fingerprint density at radius 3 is 2.21 bits per heavy atom. The third-order valence-electron chi connectivity index (χ3n) is 4.89. The number of nitrogens with one attached hydrogen (secondary N) is 2. The Labute approximate surface area is 199 Å². The first-order valence-corrected chi connectivity index (χ1v) is 12.1. The van der Waals surface area contributed by atoms with E-state index in [1.807, 2.05) is 12.1 Å². The molecular formula is C23H29N3O7S. The summed E-state index contributed by atoms with van der Waals surface area (Å²) in [5.74, 6) is -1.25. The number of hydrogen-bond donors (Lipinski definition) is 2. The van der Waals surface area contributed by atoms with Gasteiger partial charge in [0.15, 0.2) is 6.61 Å². The third-order valence-corrected chi connectivity index (χ3v) is 6.95. The molecule has 0 spiro atoms. The number of para-hydroxylation sites is 1. The van der Waals surface area contributed by atoms with Crippen LogP contribution in [0.4, 0.5) is 0 Å². The zero-order chi connectivity index (χ0) is 25.1. The summed E-state index contributed by atoms with van der Waals surface area (Å²) in [5.41, 5.74) is 0.953. The minimum Gasteiger partial charge on any atom is -0.496 e. The van der Waals surface area contributed by atoms with Crippen molar-refractivity contribution in [1.29, 1.82) is 0 Å². The molecule has 2 N–H and O–H groups in total. The summed E-state index contributed by atoms with van der Waals surface area (Å²) in [7, 11) is -2.10. The van der Waals surface area contributed by atoms with Crippen molar-refractivity contribution in [3.63, 3.8) is 0 Å². The Bertz CT molecular complexity index is 1100. The van der Waals surface area contributed by atoms with Gasteiger partial charge in [-0.15, -0.1) is 0 Å². The van der Waals surface area contributed by atoms with Crippen molar-refractivity contribution < 1.29 is 32.3 Å². The molecule has 10 nitrogen and oxygen atoms in total. The lowest BCUT2D eigenvalue weighted by atomic mass is 10.2. The van der Waals surface area contributed by atoms with Gasteiger partial charge in [-0.1, -0.05) is 32.0 Å². The zero-order valence-electron chi connectivity index (χ0n) is 19.4. The maximum Gasteiger partial charge on any atom is 0.325 e. The van der Waals surface area contributed by atoms with Crippen LogP contribution in [0.25, 0.3) is 0 Å². The molecule has 0 aliphatic heterocycles. The average Bonchev–Trinajstić information content (AvgIpc) is 2.85. The fraction of sp³-hybridized carbons (Fsp3) is 0.348. The van der Waals surface area contributed by atoms with Gasteiger partial charge in [-0.2, -0.15) is 4.31 Å². The van der Waals surface area contributed by atoms with E-state index in [1.54, 1.807) is 26.0 Å². The van der Waals surface area contributed by atoms with Gasteiger partial charge in [0, 0.05) is 30.8 Å². The monoisotopic (exact) mass is 491 g/mol. The number of rotatable bonds is 12. The Morgan fingerprint density at radius 1 is 0.941 bits per heavy atom. The van der Waals surface area contributed by atoms with Crippen molar-refractivity contribution in [2.45, 2.75) is 25.3 Å². The van der Waals surface area contributed by atoms with Crippen LogP contribution < -0.4 is 15.4 Å². The van der Waals surface area contributed by atoms with Gasteiger partial charge in [-0.25, -0.2) is 8.42 Å². The van der Waals surface area contributed by atoms with Crippen molar-refractivity contribution in [1.82, 2.24) is 14.9 Å². The van der Waals surface area contributed by atoms with Crippen LogP contribution in [0.1, 0.15) is 29.8 Å². The third kappa shape index (κ3) is 7.29. The minimum atomic E-state index is -3.63. The van der Waals surface area contributed by atoms with E-state index in [0.29, 0.717) is 18.8 Å². The number of methoxy groups -OCH3 is 1. The fourth-order valence-electron chi connectivity index (χ4n) is 3.04. The Hall–Kier alpha value is -3.44.